The molecular weight excluding hydrogens is 973 g/mol. The average molecular weight is 1080 g/mol. The van der Waals surface area contributed by atoms with Crippen molar-refractivity contribution in [1.82, 2.24) is 0 Å². The summed E-state index contributed by atoms with van der Waals surface area (Å²) in [6, 6.07) is 0. The van der Waals surface area contributed by atoms with E-state index in [1.54, 1.807) is 0 Å². The number of carbonyl (C=O) groups excluding carboxylic acids is 3. The first-order valence-corrected chi connectivity index (χ1v) is 30.2. The smallest absolute Gasteiger partial charge is 0.335 e. The number of hydrogen-bond acceptors (Lipinski definition) is 11. The van der Waals surface area contributed by atoms with Crippen LogP contribution < -0.4 is 0 Å². The first-order valence-electron chi connectivity index (χ1n) is 30.2. The van der Waals surface area contributed by atoms with Gasteiger partial charge in [-0.1, -0.05) is 201 Å². The molecule has 1 rings (SSSR count). The van der Waals surface area contributed by atoms with E-state index in [0.717, 1.165) is 116 Å². The van der Waals surface area contributed by atoms with Crippen LogP contribution in [-0.4, -0.2) is 89.2 Å². The van der Waals surface area contributed by atoms with Crippen LogP contribution >= 0.6 is 0 Å². The van der Waals surface area contributed by atoms with E-state index >= 15 is 0 Å². The molecular formula is C65H106O12. The van der Waals surface area contributed by atoms with Gasteiger partial charge in [0.2, 0.25) is 0 Å². The van der Waals surface area contributed by atoms with E-state index in [-0.39, 0.29) is 25.9 Å². The van der Waals surface area contributed by atoms with Crippen LogP contribution in [0.1, 0.15) is 239 Å². The molecule has 0 radical (unpaired) electrons. The van der Waals surface area contributed by atoms with Crippen molar-refractivity contribution < 1.29 is 58.2 Å². The van der Waals surface area contributed by atoms with Crippen molar-refractivity contribution in [3.8, 4) is 0 Å². The van der Waals surface area contributed by atoms with Crippen molar-refractivity contribution in [2.75, 3.05) is 13.2 Å². The van der Waals surface area contributed by atoms with Gasteiger partial charge in [0.25, 0.3) is 0 Å². The van der Waals surface area contributed by atoms with E-state index in [1.165, 1.54) is 57.8 Å². The molecule has 0 aromatic carbocycles. The Balaban J connectivity index is 2.72. The first kappa shape index (κ1) is 70.7. The highest BCUT2D eigenvalue weighted by molar-refractivity contribution is 5.74. The van der Waals surface area contributed by atoms with Crippen LogP contribution in [0.5, 0.6) is 0 Å². The lowest BCUT2D eigenvalue weighted by molar-refractivity contribution is -0.301. The molecule has 12 nitrogen and oxygen atoms in total. The third-order valence-corrected chi connectivity index (χ3v) is 13.1. The second kappa shape index (κ2) is 52.3. The second-order valence-corrected chi connectivity index (χ2v) is 20.2. The summed E-state index contributed by atoms with van der Waals surface area (Å²) >= 11 is 0. The van der Waals surface area contributed by atoms with Crippen molar-refractivity contribution in [3.63, 3.8) is 0 Å². The zero-order valence-electron chi connectivity index (χ0n) is 48.2. The number of unbranched alkanes of at least 4 members (excludes halogenated alkanes) is 20. The molecule has 0 saturated carbocycles. The highest BCUT2D eigenvalue weighted by atomic mass is 16.7. The Morgan fingerprint density at radius 1 is 0.442 bits per heavy atom. The van der Waals surface area contributed by atoms with Gasteiger partial charge < -0.3 is 39.0 Å². The van der Waals surface area contributed by atoms with E-state index < -0.39 is 67.3 Å². The highest BCUT2D eigenvalue weighted by Crippen LogP contribution is 2.26. The van der Waals surface area contributed by atoms with E-state index in [4.69, 9.17) is 23.7 Å². The minimum Gasteiger partial charge on any atom is -0.479 e. The molecule has 77 heavy (non-hydrogen) atoms. The maximum Gasteiger partial charge on any atom is 0.335 e. The Morgan fingerprint density at radius 3 is 1.29 bits per heavy atom. The van der Waals surface area contributed by atoms with E-state index in [0.29, 0.717) is 25.7 Å². The van der Waals surface area contributed by atoms with Gasteiger partial charge >= 0.3 is 23.9 Å². The van der Waals surface area contributed by atoms with Gasteiger partial charge in [-0.3, -0.25) is 14.4 Å². The summed E-state index contributed by atoms with van der Waals surface area (Å²) < 4.78 is 28.4. The molecule has 1 heterocycles. The summed E-state index contributed by atoms with van der Waals surface area (Å²) in [6.45, 7) is 5.73. The number of ether oxygens (including phenoxy) is 5. The van der Waals surface area contributed by atoms with Crippen molar-refractivity contribution in [3.05, 3.63) is 97.2 Å². The molecule has 438 valence electrons. The van der Waals surface area contributed by atoms with Gasteiger partial charge in [-0.2, -0.15) is 0 Å². The molecule has 6 atom stereocenters. The number of aliphatic hydroxyl groups is 2. The van der Waals surface area contributed by atoms with Gasteiger partial charge in [0.05, 0.1) is 6.61 Å². The van der Waals surface area contributed by atoms with Gasteiger partial charge in [0, 0.05) is 19.3 Å². The Hall–Kier alpha value is -4.36. The number of aliphatic hydroxyl groups excluding tert-OH is 2. The highest BCUT2D eigenvalue weighted by Gasteiger charge is 2.50. The summed E-state index contributed by atoms with van der Waals surface area (Å²) in [6.07, 6.45) is 56.6. The van der Waals surface area contributed by atoms with Crippen LogP contribution in [0.15, 0.2) is 97.2 Å². The molecule has 12 heteroatoms. The Kier molecular flexibility index (Phi) is 48.0. The molecule has 6 unspecified atom stereocenters. The summed E-state index contributed by atoms with van der Waals surface area (Å²) in [7, 11) is 0. The first-order chi connectivity index (χ1) is 37.6. The van der Waals surface area contributed by atoms with Crippen LogP contribution in [0.4, 0.5) is 0 Å². The number of carboxylic acid groups (broad SMARTS) is 1. The van der Waals surface area contributed by atoms with E-state index in [2.05, 4.69) is 118 Å². The lowest BCUT2D eigenvalue weighted by Gasteiger charge is -2.40. The van der Waals surface area contributed by atoms with Gasteiger partial charge in [-0.25, -0.2) is 4.79 Å². The van der Waals surface area contributed by atoms with Crippen molar-refractivity contribution in [1.29, 1.82) is 0 Å². The van der Waals surface area contributed by atoms with Crippen LogP contribution in [0.3, 0.4) is 0 Å². The minimum absolute atomic E-state index is 0.00184. The normalized spacial score (nSPS) is 18.7. The van der Waals surface area contributed by atoms with E-state index in [9.17, 15) is 34.5 Å². The summed E-state index contributed by atoms with van der Waals surface area (Å²) in [5.41, 5.74) is 0. The summed E-state index contributed by atoms with van der Waals surface area (Å²) in [5, 5.41) is 31.5. The number of esters is 3. The quantitative estimate of drug-likeness (QED) is 0.0228. The molecule has 0 spiro atoms. The van der Waals surface area contributed by atoms with Crippen LogP contribution in [0.2, 0.25) is 0 Å². The number of carboxylic acids is 1. The maximum absolute atomic E-state index is 13.2. The van der Waals surface area contributed by atoms with Crippen molar-refractivity contribution in [2.24, 2.45) is 0 Å². The molecule has 3 N–H and O–H groups in total. The SMILES string of the molecule is CC/C=C\C/C=C\C/C=C\C/C=C\CCCCC(=O)OC1C(OCC(COC(=O)CCCCCCCCC/C=C\CCCCCCCC)OC(=O)CCCCCCC/C=C\C/C=C\C/C=C\CC)OC(C(=O)O)C(O)C1O. The van der Waals surface area contributed by atoms with Gasteiger partial charge in [0.15, 0.2) is 24.6 Å². The predicted octanol–water partition coefficient (Wildman–Crippen LogP) is 15.7. The number of carbonyl (C=O) groups is 4. The fraction of sp³-hybridized carbons (Fsp3) is 0.692. The largest absolute Gasteiger partial charge is 0.479 e. The number of rotatable bonds is 50. The summed E-state index contributed by atoms with van der Waals surface area (Å²) in [4.78, 5) is 51.2. The number of allylic oxidation sites excluding steroid dienone is 16. The van der Waals surface area contributed by atoms with Gasteiger partial charge in [-0.15, -0.1) is 0 Å². The Labute approximate surface area is 466 Å². The molecule has 1 saturated heterocycles. The molecule has 0 aromatic heterocycles. The second-order valence-electron chi connectivity index (χ2n) is 20.2. The topological polar surface area (TPSA) is 175 Å². The Bertz CT molecular complexity index is 1710. The van der Waals surface area contributed by atoms with Gasteiger partial charge in [0.1, 0.15) is 18.8 Å². The maximum atomic E-state index is 13.2. The van der Waals surface area contributed by atoms with Crippen molar-refractivity contribution >= 4 is 23.9 Å². The number of aliphatic carboxylic acids is 1. The fourth-order valence-electron chi connectivity index (χ4n) is 8.54. The van der Waals surface area contributed by atoms with Crippen molar-refractivity contribution in [2.45, 2.75) is 276 Å². The molecule has 0 bridgehead atoms. The third kappa shape index (κ3) is 42.3. The molecule has 1 aliphatic rings. The number of hydrogen-bond donors (Lipinski definition) is 3. The average Bonchev–Trinajstić information content (AvgIpc) is 3.43. The molecule has 0 aliphatic carbocycles. The summed E-state index contributed by atoms with van der Waals surface area (Å²) in [5.74, 6) is -3.21. The fourth-order valence-corrected chi connectivity index (χ4v) is 8.54. The molecule has 0 aromatic rings. The minimum atomic E-state index is -1.92. The predicted molar refractivity (Wildman–Crippen MR) is 312 cm³/mol. The third-order valence-electron chi connectivity index (χ3n) is 13.1. The van der Waals surface area contributed by atoms with Crippen LogP contribution in [0, 0.1) is 0 Å². The van der Waals surface area contributed by atoms with E-state index in [1.807, 2.05) is 0 Å². The zero-order valence-corrected chi connectivity index (χ0v) is 48.2. The monoisotopic (exact) mass is 1080 g/mol. The standard InChI is InChI=1S/C65H106O12/c1-4-7-10-13-16-19-22-25-28-29-32-33-36-39-42-45-48-51-57(66)73-54-56(75-58(67)52-49-46-43-40-37-34-30-26-23-20-17-14-11-8-5-2)55-74-65-63(61(70)60(69)62(77-65)64(71)72)76-59(68)53-50-47-44-41-38-35-31-27-24-21-18-15-12-9-6-3/h8-9,11-12,17-18,20-21,25-28,30-31,38,41,56,60-63,65,69-70H,4-7,10,13-16,19,22-24,29,32-37,39-40,42-55H2,1-3H3,(H,71,72)/b11-8-,12-9-,20-17-,21-18-,28-25-,30-26-,31-27-,41-38-. The van der Waals surface area contributed by atoms with Gasteiger partial charge in [-0.05, 0) is 116 Å². The molecule has 0 amide bonds. The van der Waals surface area contributed by atoms with Crippen LogP contribution in [-0.2, 0) is 42.9 Å². The lowest BCUT2D eigenvalue weighted by Crippen LogP contribution is -2.61. The zero-order chi connectivity index (χ0) is 56.1. The van der Waals surface area contributed by atoms with Crippen LogP contribution in [0.25, 0.3) is 0 Å². The lowest BCUT2D eigenvalue weighted by atomic mass is 9.98. The molecule has 1 aliphatic heterocycles. The Morgan fingerprint density at radius 2 is 0.818 bits per heavy atom. The molecule has 1 fully saturated rings.